The van der Waals surface area contributed by atoms with Crippen LogP contribution >= 0.6 is 0 Å². The van der Waals surface area contributed by atoms with Crippen LogP contribution in [0.25, 0.3) is 5.69 Å². The first-order valence-corrected chi connectivity index (χ1v) is 11.8. The molecular formula is C30H29N3O4. The van der Waals surface area contributed by atoms with Gasteiger partial charge >= 0.3 is 5.97 Å². The van der Waals surface area contributed by atoms with Crippen LogP contribution < -0.4 is 5.43 Å². The fourth-order valence-electron chi connectivity index (χ4n) is 4.51. The van der Waals surface area contributed by atoms with Crippen molar-refractivity contribution in [2.75, 3.05) is 7.11 Å². The molecular weight excluding hydrogens is 466 g/mol. The van der Waals surface area contributed by atoms with Crippen LogP contribution in [0.15, 0.2) is 90.0 Å². The predicted octanol–water partition coefficient (Wildman–Crippen LogP) is 4.58. The minimum atomic E-state index is -1.91. The van der Waals surface area contributed by atoms with Crippen molar-refractivity contribution in [2.24, 2.45) is 5.10 Å². The highest BCUT2D eigenvalue weighted by molar-refractivity contribution is 5.93. The van der Waals surface area contributed by atoms with E-state index in [0.717, 1.165) is 28.2 Å². The van der Waals surface area contributed by atoms with Gasteiger partial charge in [-0.2, -0.15) is 5.10 Å². The van der Waals surface area contributed by atoms with Crippen molar-refractivity contribution in [3.8, 4) is 5.69 Å². The van der Waals surface area contributed by atoms with Crippen LogP contribution in [0.3, 0.4) is 0 Å². The van der Waals surface area contributed by atoms with Crippen molar-refractivity contribution in [2.45, 2.75) is 26.4 Å². The van der Waals surface area contributed by atoms with E-state index in [9.17, 15) is 14.7 Å². The fraction of sp³-hybridized carbons (Fsp3) is 0.167. The molecule has 0 atom stereocenters. The number of benzene rings is 3. The molecule has 0 aliphatic heterocycles. The number of hydrazone groups is 1. The molecule has 1 heterocycles. The van der Waals surface area contributed by atoms with Gasteiger partial charge in [-0.15, -0.1) is 0 Å². The summed E-state index contributed by atoms with van der Waals surface area (Å²) in [6.45, 7) is 5.77. The van der Waals surface area contributed by atoms with Gasteiger partial charge in [0.15, 0.2) is 5.60 Å². The van der Waals surface area contributed by atoms with E-state index in [0.29, 0.717) is 16.7 Å². The Labute approximate surface area is 216 Å². The number of hydrogen-bond donors (Lipinski definition) is 2. The SMILES string of the molecule is COC(=O)c1cccc(-n2c(C)cc(/C=N/NC(=O)C(O)(c3ccccc3)c3ccccc3)c2C)c1C. The van der Waals surface area contributed by atoms with Crippen molar-refractivity contribution in [1.29, 1.82) is 0 Å². The number of esters is 1. The standard InChI is InChI=1S/C30H29N3O4/c1-20-18-23(22(3)33(20)27-17-11-16-26(21(27)2)28(34)37-4)19-31-32-29(35)30(36,24-12-7-5-8-13-24)25-14-9-6-10-15-25/h5-19,36H,1-4H3,(H,32,35)/b31-19+. The van der Waals surface area contributed by atoms with Crippen LogP contribution in [-0.2, 0) is 15.1 Å². The summed E-state index contributed by atoms with van der Waals surface area (Å²) in [6.07, 6.45) is 1.55. The summed E-state index contributed by atoms with van der Waals surface area (Å²) in [7, 11) is 1.36. The van der Waals surface area contributed by atoms with E-state index in [1.165, 1.54) is 7.11 Å². The summed E-state index contributed by atoms with van der Waals surface area (Å²) in [4.78, 5) is 25.5. The lowest BCUT2D eigenvalue weighted by molar-refractivity contribution is -0.136. The van der Waals surface area contributed by atoms with Crippen LogP contribution in [0, 0.1) is 20.8 Å². The molecule has 7 nitrogen and oxygen atoms in total. The van der Waals surface area contributed by atoms with Gasteiger partial charge in [0, 0.05) is 22.6 Å². The summed E-state index contributed by atoms with van der Waals surface area (Å²) in [5.41, 5.74) is 6.21. The molecule has 0 radical (unpaired) electrons. The van der Waals surface area contributed by atoms with E-state index >= 15 is 0 Å². The second kappa shape index (κ2) is 10.6. The van der Waals surface area contributed by atoms with Crippen molar-refractivity contribution < 1.29 is 19.4 Å². The smallest absolute Gasteiger partial charge is 0.338 e. The quantitative estimate of drug-likeness (QED) is 0.223. The first-order valence-electron chi connectivity index (χ1n) is 11.8. The third-order valence-corrected chi connectivity index (χ3v) is 6.50. The maximum absolute atomic E-state index is 13.3. The number of ether oxygens (including phenoxy) is 1. The van der Waals surface area contributed by atoms with Crippen LogP contribution in [0.5, 0.6) is 0 Å². The van der Waals surface area contributed by atoms with E-state index in [-0.39, 0.29) is 0 Å². The molecule has 0 unspecified atom stereocenters. The number of aromatic nitrogens is 1. The molecule has 37 heavy (non-hydrogen) atoms. The van der Waals surface area contributed by atoms with Crippen LogP contribution in [0.1, 0.15) is 44.0 Å². The molecule has 4 aromatic rings. The van der Waals surface area contributed by atoms with Crippen molar-refractivity contribution in [3.05, 3.63) is 124 Å². The Hall–Kier alpha value is -4.49. The highest BCUT2D eigenvalue weighted by atomic mass is 16.5. The third-order valence-electron chi connectivity index (χ3n) is 6.50. The molecule has 0 saturated heterocycles. The van der Waals surface area contributed by atoms with Crippen LogP contribution in [-0.4, -0.2) is 34.9 Å². The molecule has 7 heteroatoms. The van der Waals surface area contributed by atoms with Gasteiger partial charge in [0.25, 0.3) is 5.91 Å². The molecule has 1 amide bonds. The zero-order valence-corrected chi connectivity index (χ0v) is 21.2. The van der Waals surface area contributed by atoms with Crippen LogP contribution in [0.4, 0.5) is 0 Å². The van der Waals surface area contributed by atoms with Gasteiger partial charge < -0.3 is 14.4 Å². The number of aliphatic hydroxyl groups is 1. The van der Waals surface area contributed by atoms with E-state index < -0.39 is 17.5 Å². The van der Waals surface area contributed by atoms with Crippen molar-refractivity contribution in [1.82, 2.24) is 9.99 Å². The molecule has 0 aliphatic carbocycles. The summed E-state index contributed by atoms with van der Waals surface area (Å²) in [6, 6.07) is 25.0. The average Bonchev–Trinajstić information content (AvgIpc) is 3.21. The van der Waals surface area contributed by atoms with Gasteiger partial charge in [0.05, 0.1) is 18.9 Å². The van der Waals surface area contributed by atoms with Gasteiger partial charge in [0.2, 0.25) is 0 Å². The molecule has 1 aromatic heterocycles. The van der Waals surface area contributed by atoms with Crippen LogP contribution in [0.2, 0.25) is 0 Å². The largest absolute Gasteiger partial charge is 0.465 e. The molecule has 3 aromatic carbocycles. The van der Waals surface area contributed by atoms with Crippen molar-refractivity contribution >= 4 is 18.1 Å². The van der Waals surface area contributed by atoms with Gasteiger partial charge in [-0.1, -0.05) is 66.7 Å². The number of rotatable bonds is 7. The van der Waals surface area contributed by atoms with Gasteiger partial charge in [-0.25, -0.2) is 10.2 Å². The molecule has 0 aliphatic rings. The Kier molecular flexibility index (Phi) is 7.36. The molecule has 0 bridgehead atoms. The van der Waals surface area contributed by atoms with Gasteiger partial charge in [-0.05, 0) is 55.7 Å². The minimum absolute atomic E-state index is 0.393. The predicted molar refractivity (Wildman–Crippen MR) is 143 cm³/mol. The zero-order valence-electron chi connectivity index (χ0n) is 21.2. The molecule has 188 valence electrons. The Morgan fingerprint density at radius 2 is 1.51 bits per heavy atom. The van der Waals surface area contributed by atoms with E-state index in [1.807, 2.05) is 55.7 Å². The summed E-state index contributed by atoms with van der Waals surface area (Å²) >= 11 is 0. The maximum atomic E-state index is 13.3. The molecule has 0 saturated carbocycles. The minimum Gasteiger partial charge on any atom is -0.465 e. The number of hydrogen-bond acceptors (Lipinski definition) is 5. The lowest BCUT2D eigenvalue weighted by Gasteiger charge is -2.27. The summed E-state index contributed by atoms with van der Waals surface area (Å²) in [5, 5.41) is 15.7. The summed E-state index contributed by atoms with van der Waals surface area (Å²) < 4.78 is 6.93. The average molecular weight is 496 g/mol. The van der Waals surface area contributed by atoms with Gasteiger partial charge in [0.1, 0.15) is 0 Å². The molecule has 0 fully saturated rings. The fourth-order valence-corrected chi connectivity index (χ4v) is 4.51. The number of methoxy groups -OCH3 is 1. The summed E-state index contributed by atoms with van der Waals surface area (Å²) in [5.74, 6) is -1.06. The molecule has 4 rings (SSSR count). The normalized spacial score (nSPS) is 11.5. The second-order valence-electron chi connectivity index (χ2n) is 8.74. The topological polar surface area (TPSA) is 92.9 Å². The lowest BCUT2D eigenvalue weighted by atomic mass is 9.85. The Bertz CT molecular complexity index is 1420. The van der Waals surface area contributed by atoms with E-state index in [2.05, 4.69) is 10.5 Å². The van der Waals surface area contributed by atoms with Gasteiger partial charge in [-0.3, -0.25) is 4.79 Å². The molecule has 0 spiro atoms. The second-order valence-corrected chi connectivity index (χ2v) is 8.74. The van der Waals surface area contributed by atoms with E-state index in [4.69, 9.17) is 4.74 Å². The highest BCUT2D eigenvalue weighted by Gasteiger charge is 2.39. The Morgan fingerprint density at radius 3 is 2.08 bits per heavy atom. The van der Waals surface area contributed by atoms with E-state index in [1.54, 1.807) is 60.8 Å². The number of carbonyl (C=O) groups is 2. The zero-order chi connectivity index (χ0) is 26.6. The Morgan fingerprint density at radius 1 is 0.919 bits per heavy atom. The Balaban J connectivity index is 1.64. The number of amides is 1. The number of nitrogens with one attached hydrogen (secondary N) is 1. The highest BCUT2D eigenvalue weighted by Crippen LogP contribution is 2.30. The third kappa shape index (κ3) is 4.81. The number of nitrogens with zero attached hydrogens (tertiary/aromatic N) is 2. The first-order chi connectivity index (χ1) is 17.8. The lowest BCUT2D eigenvalue weighted by Crippen LogP contribution is -2.43. The monoisotopic (exact) mass is 495 g/mol. The first kappa shape index (κ1) is 25.6. The maximum Gasteiger partial charge on any atom is 0.338 e. The van der Waals surface area contributed by atoms with Crippen molar-refractivity contribution in [3.63, 3.8) is 0 Å². The number of aryl methyl sites for hydroxylation is 1. The molecule has 2 N–H and O–H groups in total. The number of carbonyl (C=O) groups excluding carboxylic acids is 2.